The van der Waals surface area contributed by atoms with Crippen LogP contribution in [0.3, 0.4) is 0 Å². The van der Waals surface area contributed by atoms with E-state index in [0.717, 1.165) is 5.56 Å². The Bertz CT molecular complexity index is 811. The SMILES string of the molecule is C[C@]1(O)C(=O)C[C@@H](c2ccccc2)[C@@H]1S(=O)(=O)c1ccccc1. The lowest BCUT2D eigenvalue weighted by Gasteiger charge is -2.28. The minimum atomic E-state index is -3.85. The van der Waals surface area contributed by atoms with Gasteiger partial charge in [0.2, 0.25) is 0 Å². The van der Waals surface area contributed by atoms with Gasteiger partial charge in [0.15, 0.2) is 15.6 Å². The highest BCUT2D eigenvalue weighted by molar-refractivity contribution is 7.92. The molecule has 0 amide bonds. The van der Waals surface area contributed by atoms with E-state index in [2.05, 4.69) is 0 Å². The van der Waals surface area contributed by atoms with Gasteiger partial charge >= 0.3 is 0 Å². The zero-order chi connectivity index (χ0) is 16.7. The predicted octanol–water partition coefficient (Wildman–Crippen LogP) is 2.34. The van der Waals surface area contributed by atoms with Gasteiger partial charge in [-0.1, -0.05) is 48.5 Å². The Kier molecular flexibility index (Phi) is 3.86. The van der Waals surface area contributed by atoms with E-state index in [9.17, 15) is 18.3 Å². The molecule has 0 aliphatic heterocycles. The summed E-state index contributed by atoms with van der Waals surface area (Å²) in [4.78, 5) is 12.4. The van der Waals surface area contributed by atoms with Crippen LogP contribution < -0.4 is 0 Å². The second-order valence-electron chi connectivity index (χ2n) is 6.07. The van der Waals surface area contributed by atoms with E-state index in [1.54, 1.807) is 42.5 Å². The summed E-state index contributed by atoms with van der Waals surface area (Å²) < 4.78 is 26.1. The summed E-state index contributed by atoms with van der Waals surface area (Å²) in [5.41, 5.74) is -1.14. The first-order valence-corrected chi connectivity index (χ1v) is 8.99. The van der Waals surface area contributed by atoms with Crippen LogP contribution in [0, 0.1) is 0 Å². The van der Waals surface area contributed by atoms with Crippen molar-refractivity contribution in [1.29, 1.82) is 0 Å². The van der Waals surface area contributed by atoms with Crippen molar-refractivity contribution in [2.24, 2.45) is 0 Å². The van der Waals surface area contributed by atoms with Crippen LogP contribution in [0.15, 0.2) is 65.6 Å². The summed E-state index contributed by atoms with van der Waals surface area (Å²) in [7, 11) is -3.85. The first-order chi connectivity index (χ1) is 10.8. The monoisotopic (exact) mass is 330 g/mol. The zero-order valence-electron chi connectivity index (χ0n) is 12.7. The first-order valence-electron chi connectivity index (χ1n) is 7.44. The molecule has 4 nitrogen and oxygen atoms in total. The van der Waals surface area contributed by atoms with Crippen molar-refractivity contribution >= 4 is 15.6 Å². The van der Waals surface area contributed by atoms with E-state index in [1.807, 2.05) is 6.07 Å². The number of rotatable bonds is 3. The molecule has 0 aromatic heterocycles. The van der Waals surface area contributed by atoms with E-state index in [0.29, 0.717) is 0 Å². The second kappa shape index (κ2) is 5.58. The van der Waals surface area contributed by atoms with Gasteiger partial charge in [-0.25, -0.2) is 8.42 Å². The predicted molar refractivity (Wildman–Crippen MR) is 86.8 cm³/mol. The summed E-state index contributed by atoms with van der Waals surface area (Å²) in [5.74, 6) is -0.986. The number of aliphatic hydroxyl groups is 1. The van der Waals surface area contributed by atoms with Crippen LogP contribution >= 0.6 is 0 Å². The molecule has 0 spiro atoms. The summed E-state index contributed by atoms with van der Waals surface area (Å²) in [6.07, 6.45) is 0.0216. The van der Waals surface area contributed by atoms with Crippen molar-refractivity contribution in [2.45, 2.75) is 35.0 Å². The minimum absolute atomic E-state index is 0.0216. The van der Waals surface area contributed by atoms with E-state index in [1.165, 1.54) is 19.1 Å². The van der Waals surface area contributed by atoms with Crippen molar-refractivity contribution < 1.29 is 18.3 Å². The van der Waals surface area contributed by atoms with Crippen LogP contribution in [0.5, 0.6) is 0 Å². The second-order valence-corrected chi connectivity index (χ2v) is 8.14. The Morgan fingerprint density at radius 3 is 2.09 bits per heavy atom. The molecular weight excluding hydrogens is 312 g/mol. The largest absolute Gasteiger partial charge is 0.381 e. The molecule has 3 atom stereocenters. The average molecular weight is 330 g/mol. The normalized spacial score (nSPS) is 28.0. The lowest BCUT2D eigenvalue weighted by Crippen LogP contribution is -2.46. The van der Waals surface area contributed by atoms with Crippen molar-refractivity contribution in [1.82, 2.24) is 0 Å². The summed E-state index contributed by atoms with van der Waals surface area (Å²) in [5, 5.41) is 9.44. The van der Waals surface area contributed by atoms with Crippen LogP contribution in [0.1, 0.15) is 24.8 Å². The van der Waals surface area contributed by atoms with Crippen molar-refractivity contribution in [3.05, 3.63) is 66.2 Å². The Morgan fingerprint density at radius 2 is 1.52 bits per heavy atom. The molecule has 1 saturated carbocycles. The molecule has 1 aliphatic carbocycles. The third-order valence-electron chi connectivity index (χ3n) is 4.52. The van der Waals surface area contributed by atoms with Gasteiger partial charge in [-0.2, -0.15) is 0 Å². The maximum absolute atomic E-state index is 13.1. The Hall–Kier alpha value is -1.98. The first kappa shape index (κ1) is 15.9. The summed E-state index contributed by atoms with van der Waals surface area (Å²) >= 11 is 0. The zero-order valence-corrected chi connectivity index (χ0v) is 13.5. The fourth-order valence-corrected chi connectivity index (χ4v) is 5.58. The third kappa shape index (κ3) is 2.60. The maximum atomic E-state index is 13.1. The molecular formula is C18H18O4S. The number of hydrogen-bond acceptors (Lipinski definition) is 4. The molecule has 0 unspecified atom stereocenters. The molecule has 2 aromatic carbocycles. The molecule has 0 saturated heterocycles. The van der Waals surface area contributed by atoms with Gasteiger partial charge in [0.1, 0.15) is 10.9 Å². The van der Waals surface area contributed by atoms with Crippen molar-refractivity contribution in [3.63, 3.8) is 0 Å². The molecule has 3 rings (SSSR count). The van der Waals surface area contributed by atoms with Crippen molar-refractivity contribution in [3.8, 4) is 0 Å². The van der Waals surface area contributed by atoms with Crippen LogP contribution in [0.25, 0.3) is 0 Å². The summed E-state index contributed by atoms with van der Waals surface area (Å²) in [6, 6.07) is 17.0. The molecule has 1 aliphatic rings. The van der Waals surface area contributed by atoms with Crippen molar-refractivity contribution in [2.75, 3.05) is 0 Å². The lowest BCUT2D eigenvalue weighted by atomic mass is 9.95. The molecule has 2 aromatic rings. The van der Waals surface area contributed by atoms with Gasteiger partial charge in [-0.15, -0.1) is 0 Å². The quantitative estimate of drug-likeness (QED) is 0.937. The number of Topliss-reactive ketones (excluding diaryl/α,β-unsaturated/α-hetero) is 1. The smallest absolute Gasteiger partial charge is 0.185 e. The third-order valence-corrected chi connectivity index (χ3v) is 6.91. The van der Waals surface area contributed by atoms with Gasteiger partial charge in [0, 0.05) is 12.3 Å². The Morgan fingerprint density at radius 1 is 1.00 bits per heavy atom. The number of sulfone groups is 1. The molecule has 0 bridgehead atoms. The molecule has 120 valence electrons. The highest BCUT2D eigenvalue weighted by Crippen LogP contribution is 2.44. The van der Waals surface area contributed by atoms with E-state index in [4.69, 9.17) is 0 Å². The Balaban J connectivity index is 2.14. The van der Waals surface area contributed by atoms with Crippen LogP contribution in [0.2, 0.25) is 0 Å². The molecule has 23 heavy (non-hydrogen) atoms. The van der Waals surface area contributed by atoms with Crippen LogP contribution in [0.4, 0.5) is 0 Å². The highest BCUT2D eigenvalue weighted by Gasteiger charge is 2.57. The Labute approximate surface area is 135 Å². The maximum Gasteiger partial charge on any atom is 0.185 e. The van der Waals surface area contributed by atoms with Gasteiger partial charge < -0.3 is 5.11 Å². The average Bonchev–Trinajstić information content (AvgIpc) is 2.79. The van der Waals surface area contributed by atoms with Gasteiger partial charge in [0.05, 0.1) is 4.90 Å². The number of ketones is 1. The van der Waals surface area contributed by atoms with E-state index in [-0.39, 0.29) is 11.3 Å². The van der Waals surface area contributed by atoms with Gasteiger partial charge in [0.25, 0.3) is 0 Å². The molecule has 5 heteroatoms. The topological polar surface area (TPSA) is 71.4 Å². The minimum Gasteiger partial charge on any atom is -0.381 e. The van der Waals surface area contributed by atoms with E-state index < -0.39 is 32.4 Å². The standard InChI is InChI=1S/C18H18O4S/c1-18(20)16(19)12-15(13-8-4-2-5-9-13)17(18)23(21,22)14-10-6-3-7-11-14/h2-11,15,17,20H,12H2,1H3/t15-,17-,18-/m0/s1. The number of carbonyl (C=O) groups excluding carboxylic acids is 1. The lowest BCUT2D eigenvalue weighted by molar-refractivity contribution is -0.131. The van der Waals surface area contributed by atoms with E-state index >= 15 is 0 Å². The highest BCUT2D eigenvalue weighted by atomic mass is 32.2. The number of carbonyl (C=O) groups is 1. The fourth-order valence-electron chi connectivity index (χ4n) is 3.33. The summed E-state index contributed by atoms with van der Waals surface area (Å²) in [6.45, 7) is 1.31. The van der Waals surface area contributed by atoms with Gasteiger partial charge in [-0.3, -0.25) is 4.79 Å². The molecule has 0 radical (unpaired) electrons. The van der Waals surface area contributed by atoms with Crippen LogP contribution in [-0.4, -0.2) is 30.2 Å². The number of hydrogen-bond donors (Lipinski definition) is 1. The number of benzene rings is 2. The molecule has 1 fully saturated rings. The molecule has 1 N–H and O–H groups in total. The molecule has 0 heterocycles. The van der Waals surface area contributed by atoms with Gasteiger partial charge in [-0.05, 0) is 24.6 Å². The van der Waals surface area contributed by atoms with Crippen LogP contribution in [-0.2, 0) is 14.6 Å². The fraction of sp³-hybridized carbons (Fsp3) is 0.278.